The second-order valence-corrected chi connectivity index (χ2v) is 12.7. The number of aliphatic carboxylic acids is 1. The number of carbonyl (C=O) groups is 1. The van der Waals surface area contributed by atoms with Crippen LogP contribution in [0.1, 0.15) is 126 Å². The normalized spacial score (nSPS) is 50.1. The first-order chi connectivity index (χ1) is 15.7. The van der Waals surface area contributed by atoms with Crippen LogP contribution in [0.5, 0.6) is 0 Å². The molecule has 2 N–H and O–H groups in total. The van der Waals surface area contributed by atoms with Crippen LogP contribution in [0.4, 0.5) is 0 Å². The van der Waals surface area contributed by atoms with Crippen molar-refractivity contribution in [2.75, 3.05) is 0 Å². The molecule has 33 heavy (non-hydrogen) atoms. The van der Waals surface area contributed by atoms with Gasteiger partial charge in [-0.25, -0.2) is 0 Å². The molecule has 5 saturated carbocycles. The average Bonchev–Trinajstić information content (AvgIpc) is 3.24. The van der Waals surface area contributed by atoms with E-state index in [-0.39, 0.29) is 6.10 Å². The highest BCUT2D eigenvalue weighted by molar-refractivity contribution is 5.75. The molecule has 0 aliphatic heterocycles. The van der Waals surface area contributed by atoms with Crippen LogP contribution in [0.25, 0.3) is 0 Å². The van der Waals surface area contributed by atoms with Gasteiger partial charge in [-0.05, 0) is 111 Å². The first kappa shape index (κ1) is 27.0. The van der Waals surface area contributed by atoms with Gasteiger partial charge in [-0.2, -0.15) is 0 Å². The smallest absolute Gasteiger partial charge is 0.309 e. The lowest BCUT2D eigenvalue weighted by Crippen LogP contribution is -2.61. The summed E-state index contributed by atoms with van der Waals surface area (Å²) in [6, 6.07) is 0. The Morgan fingerprint density at radius 3 is 2.03 bits per heavy atom. The van der Waals surface area contributed by atoms with Crippen molar-refractivity contribution in [2.24, 2.45) is 51.8 Å². The maximum atomic E-state index is 12.3. The predicted octanol–water partition coefficient (Wildman–Crippen LogP) is 7.95. The van der Waals surface area contributed by atoms with Crippen LogP contribution in [0.2, 0.25) is 0 Å². The van der Waals surface area contributed by atoms with Gasteiger partial charge < -0.3 is 10.2 Å². The number of hydrogen-bond donors (Lipinski definition) is 2. The molecule has 5 rings (SSSR count). The molecule has 3 heteroatoms. The Balaban J connectivity index is 0.000000569. The molecule has 10 atom stereocenters. The number of rotatable bonds is 1. The maximum Gasteiger partial charge on any atom is 0.309 e. The summed E-state index contributed by atoms with van der Waals surface area (Å²) in [6.07, 6.45) is 13.7. The van der Waals surface area contributed by atoms with Crippen LogP contribution in [0, 0.1) is 51.8 Å². The Labute approximate surface area is 204 Å². The van der Waals surface area contributed by atoms with Crippen molar-refractivity contribution in [3.8, 4) is 0 Å². The molecule has 0 amide bonds. The topological polar surface area (TPSA) is 57.5 Å². The molecule has 0 aromatic carbocycles. The van der Waals surface area contributed by atoms with E-state index < -0.39 is 11.4 Å². The zero-order valence-corrected chi connectivity index (χ0v) is 22.8. The number of aliphatic hydroxyl groups excluding tert-OH is 1. The van der Waals surface area contributed by atoms with Crippen molar-refractivity contribution < 1.29 is 15.0 Å². The summed E-state index contributed by atoms with van der Waals surface area (Å²) < 4.78 is 0. The van der Waals surface area contributed by atoms with Gasteiger partial charge in [0.1, 0.15) is 0 Å². The first-order valence-corrected chi connectivity index (χ1v) is 14.6. The number of carboxylic acids is 1. The van der Waals surface area contributed by atoms with Gasteiger partial charge in [0.05, 0.1) is 11.5 Å². The molecule has 0 aromatic heterocycles. The van der Waals surface area contributed by atoms with Crippen LogP contribution < -0.4 is 0 Å². The molecule has 0 radical (unpaired) electrons. The molecular weight excluding hydrogens is 408 g/mol. The minimum absolute atomic E-state index is 0.108. The monoisotopic (exact) mass is 462 g/mol. The lowest BCUT2D eigenvalue weighted by molar-refractivity contribution is -0.199. The average molecular weight is 463 g/mol. The Morgan fingerprint density at radius 1 is 0.818 bits per heavy atom. The van der Waals surface area contributed by atoms with E-state index >= 15 is 0 Å². The Morgan fingerprint density at radius 2 is 1.39 bits per heavy atom. The van der Waals surface area contributed by atoms with E-state index in [1.54, 1.807) is 0 Å². The third-order valence-corrected chi connectivity index (χ3v) is 11.5. The summed E-state index contributed by atoms with van der Waals surface area (Å²) in [5.41, 5.74) is 0.353. The fourth-order valence-electron chi connectivity index (χ4n) is 10.2. The zero-order valence-electron chi connectivity index (χ0n) is 22.8. The molecule has 0 spiro atoms. The maximum absolute atomic E-state index is 12.3. The first-order valence-electron chi connectivity index (χ1n) is 14.6. The molecule has 5 aliphatic carbocycles. The van der Waals surface area contributed by atoms with Gasteiger partial charge >= 0.3 is 5.97 Å². The summed E-state index contributed by atoms with van der Waals surface area (Å²) in [7, 11) is 0. The standard InChI is InChI=1S/C25H40O3.C3H8.C2H6/c1-15-17-8-12-24(3)18-9-14-25(22(27)28)11-4-5-19(25)16(18)6-7-21(24)23(17,2)13-10-20(15)26;1-3-2;1-2/h15-21,26H,4-14H2,1-3H3,(H,27,28);3H2,1-2H3;1-2H3. The third-order valence-electron chi connectivity index (χ3n) is 11.5. The molecule has 5 fully saturated rings. The number of carboxylic acid groups (broad SMARTS) is 1. The SMILES string of the molecule is CC.CC1C(O)CCC2(C)C1CCC1(C)C3CCC4(C(=O)O)CCCC4C3CCC21.CCC. The minimum Gasteiger partial charge on any atom is -0.481 e. The fraction of sp³-hybridized carbons (Fsp3) is 0.967. The summed E-state index contributed by atoms with van der Waals surface area (Å²) in [4.78, 5) is 12.3. The highest BCUT2D eigenvalue weighted by Gasteiger charge is 2.65. The highest BCUT2D eigenvalue weighted by atomic mass is 16.4. The Kier molecular flexibility index (Phi) is 8.35. The zero-order chi connectivity index (χ0) is 24.6. The molecule has 0 aromatic rings. The summed E-state index contributed by atoms with van der Waals surface area (Å²) in [5, 5.41) is 20.6. The van der Waals surface area contributed by atoms with Crippen molar-refractivity contribution in [1.82, 2.24) is 0 Å². The van der Waals surface area contributed by atoms with Crippen LogP contribution in [0.15, 0.2) is 0 Å². The van der Waals surface area contributed by atoms with E-state index in [0.717, 1.165) is 50.4 Å². The fourth-order valence-corrected chi connectivity index (χ4v) is 10.2. The van der Waals surface area contributed by atoms with E-state index in [4.69, 9.17) is 0 Å². The number of fused-ring (bicyclic) bond motifs is 7. The van der Waals surface area contributed by atoms with Gasteiger partial charge in [0, 0.05) is 0 Å². The van der Waals surface area contributed by atoms with Crippen LogP contribution in [0.3, 0.4) is 0 Å². The van der Waals surface area contributed by atoms with Crippen LogP contribution >= 0.6 is 0 Å². The predicted molar refractivity (Wildman–Crippen MR) is 137 cm³/mol. The molecule has 192 valence electrons. The van der Waals surface area contributed by atoms with E-state index in [9.17, 15) is 15.0 Å². The van der Waals surface area contributed by atoms with E-state index in [0.29, 0.717) is 34.5 Å². The largest absolute Gasteiger partial charge is 0.481 e. The molecule has 0 saturated heterocycles. The van der Waals surface area contributed by atoms with Crippen molar-refractivity contribution in [3.63, 3.8) is 0 Å². The van der Waals surface area contributed by atoms with Gasteiger partial charge in [-0.3, -0.25) is 4.79 Å². The Bertz CT molecular complexity index is 675. The highest BCUT2D eigenvalue weighted by Crippen LogP contribution is 2.71. The van der Waals surface area contributed by atoms with Crippen LogP contribution in [-0.2, 0) is 4.79 Å². The lowest BCUT2D eigenvalue weighted by atomic mass is 9.37. The molecule has 5 aliphatic rings. The van der Waals surface area contributed by atoms with Crippen molar-refractivity contribution >= 4 is 5.97 Å². The lowest BCUT2D eigenvalue weighted by Gasteiger charge is -2.67. The number of hydrogen-bond acceptors (Lipinski definition) is 2. The van der Waals surface area contributed by atoms with Crippen molar-refractivity contribution in [3.05, 3.63) is 0 Å². The number of aliphatic hydroxyl groups is 1. The summed E-state index contributed by atoms with van der Waals surface area (Å²) in [6.45, 7) is 15.7. The van der Waals surface area contributed by atoms with Crippen LogP contribution in [-0.4, -0.2) is 22.3 Å². The van der Waals surface area contributed by atoms with Gasteiger partial charge in [-0.1, -0.05) is 61.3 Å². The third kappa shape index (κ3) is 4.11. The van der Waals surface area contributed by atoms with E-state index in [1.807, 2.05) is 13.8 Å². The summed E-state index contributed by atoms with van der Waals surface area (Å²) >= 11 is 0. The van der Waals surface area contributed by atoms with Gasteiger partial charge in [0.2, 0.25) is 0 Å². The second-order valence-electron chi connectivity index (χ2n) is 12.7. The molecule has 0 heterocycles. The quantitative estimate of drug-likeness (QED) is 0.415. The molecule has 3 nitrogen and oxygen atoms in total. The van der Waals surface area contributed by atoms with Gasteiger partial charge in [-0.15, -0.1) is 0 Å². The second kappa shape index (κ2) is 10.2. The molecular formula is C30H54O3. The van der Waals surface area contributed by atoms with Crippen molar-refractivity contribution in [2.45, 2.75) is 132 Å². The molecule has 10 unspecified atom stereocenters. The van der Waals surface area contributed by atoms with E-state index in [1.165, 1.54) is 38.5 Å². The van der Waals surface area contributed by atoms with Crippen molar-refractivity contribution in [1.29, 1.82) is 0 Å². The molecule has 0 bridgehead atoms. The van der Waals surface area contributed by atoms with Gasteiger partial charge in [0.15, 0.2) is 0 Å². The minimum atomic E-state index is -0.494. The Hall–Kier alpha value is -0.570. The van der Waals surface area contributed by atoms with Gasteiger partial charge in [0.25, 0.3) is 0 Å². The summed E-state index contributed by atoms with van der Waals surface area (Å²) in [5.74, 6) is 3.15. The van der Waals surface area contributed by atoms with E-state index in [2.05, 4.69) is 34.6 Å².